The van der Waals surface area contributed by atoms with E-state index >= 15 is 0 Å². The highest BCUT2D eigenvalue weighted by Crippen LogP contribution is 2.28. The number of carbonyl (C=O) groups is 1. The maximum absolute atomic E-state index is 12.9. The molecule has 23 heavy (non-hydrogen) atoms. The Morgan fingerprint density at radius 3 is 2.74 bits per heavy atom. The lowest BCUT2D eigenvalue weighted by Gasteiger charge is -2.38. The van der Waals surface area contributed by atoms with Gasteiger partial charge in [0.1, 0.15) is 0 Å². The number of pyridine rings is 1. The summed E-state index contributed by atoms with van der Waals surface area (Å²) >= 11 is 0. The van der Waals surface area contributed by atoms with Gasteiger partial charge in [0.25, 0.3) is 11.5 Å². The van der Waals surface area contributed by atoms with Gasteiger partial charge in [-0.1, -0.05) is 19.8 Å². The lowest BCUT2D eigenvalue weighted by Crippen LogP contribution is -2.45. The number of nitrogens with zero attached hydrogens (tertiary/aromatic N) is 2. The number of hydrogen-bond donors (Lipinski definition) is 0. The lowest BCUT2D eigenvalue weighted by molar-refractivity contribution is 0.0568. The third kappa shape index (κ3) is 4.22. The van der Waals surface area contributed by atoms with E-state index in [0.717, 1.165) is 6.42 Å². The number of hydrogen-bond acceptors (Lipinski definition) is 3. The first kappa shape index (κ1) is 17.7. The highest BCUT2D eigenvalue weighted by molar-refractivity contribution is 5.94. The van der Waals surface area contributed by atoms with Gasteiger partial charge in [0.05, 0.1) is 12.2 Å². The summed E-state index contributed by atoms with van der Waals surface area (Å²) in [6.45, 7) is 5.88. The van der Waals surface area contributed by atoms with E-state index in [2.05, 4.69) is 6.92 Å². The highest BCUT2D eigenvalue weighted by Gasteiger charge is 2.30. The fourth-order valence-electron chi connectivity index (χ4n) is 3.48. The first-order valence-corrected chi connectivity index (χ1v) is 8.58. The molecule has 1 saturated carbocycles. The zero-order valence-corrected chi connectivity index (χ0v) is 14.5. The normalized spacial score (nSPS) is 21.2. The Hall–Kier alpha value is -1.62. The molecule has 0 aromatic carbocycles. The number of aromatic nitrogens is 1. The van der Waals surface area contributed by atoms with Gasteiger partial charge in [-0.25, -0.2) is 0 Å². The molecule has 1 aliphatic rings. The summed E-state index contributed by atoms with van der Waals surface area (Å²) in [6, 6.07) is 3.42. The van der Waals surface area contributed by atoms with Crippen LogP contribution in [0.2, 0.25) is 0 Å². The van der Waals surface area contributed by atoms with Gasteiger partial charge in [-0.2, -0.15) is 0 Å². The molecule has 0 aliphatic heterocycles. The van der Waals surface area contributed by atoms with Gasteiger partial charge in [0.15, 0.2) is 0 Å². The molecule has 1 heterocycles. The minimum absolute atomic E-state index is 0.0254. The SMILES string of the molecule is CCN(C(=O)c1ccc(=O)n(CCOC)c1)[C@@H]1CCCC[C@H]1C. The summed E-state index contributed by atoms with van der Waals surface area (Å²) in [5.41, 5.74) is 0.480. The van der Waals surface area contributed by atoms with Crippen molar-refractivity contribution in [3.05, 3.63) is 34.2 Å². The number of methoxy groups -OCH3 is 1. The largest absolute Gasteiger partial charge is 0.383 e. The van der Waals surface area contributed by atoms with Crippen molar-refractivity contribution in [1.29, 1.82) is 0 Å². The molecule has 1 aromatic rings. The summed E-state index contributed by atoms with van der Waals surface area (Å²) in [5.74, 6) is 0.560. The second kappa shape index (κ2) is 8.29. The molecule has 2 rings (SSSR count). The van der Waals surface area contributed by atoms with Gasteiger partial charge in [-0.15, -0.1) is 0 Å². The average Bonchev–Trinajstić information content (AvgIpc) is 2.56. The Labute approximate surface area is 138 Å². The molecule has 1 aliphatic carbocycles. The number of rotatable bonds is 6. The zero-order chi connectivity index (χ0) is 16.8. The minimum atomic E-state index is -0.104. The summed E-state index contributed by atoms with van der Waals surface area (Å²) in [5, 5.41) is 0. The van der Waals surface area contributed by atoms with Crippen LogP contribution in [-0.2, 0) is 11.3 Å². The van der Waals surface area contributed by atoms with Crippen molar-refractivity contribution in [3.8, 4) is 0 Å². The van der Waals surface area contributed by atoms with Crippen molar-refractivity contribution in [3.63, 3.8) is 0 Å². The van der Waals surface area contributed by atoms with Crippen molar-refractivity contribution in [2.45, 2.75) is 52.1 Å². The van der Waals surface area contributed by atoms with Crippen molar-refractivity contribution < 1.29 is 9.53 Å². The molecular weight excluding hydrogens is 292 g/mol. The number of ether oxygens (including phenoxy) is 1. The summed E-state index contributed by atoms with van der Waals surface area (Å²) < 4.78 is 6.57. The van der Waals surface area contributed by atoms with Crippen LogP contribution in [0.3, 0.4) is 0 Å². The fraction of sp³-hybridized carbons (Fsp3) is 0.667. The Morgan fingerprint density at radius 1 is 1.35 bits per heavy atom. The van der Waals surface area contributed by atoms with Crippen LogP contribution in [0.5, 0.6) is 0 Å². The molecule has 0 unspecified atom stereocenters. The summed E-state index contributed by atoms with van der Waals surface area (Å²) in [7, 11) is 1.60. The topological polar surface area (TPSA) is 51.5 Å². The Bertz CT molecular complexity index is 582. The fourth-order valence-corrected chi connectivity index (χ4v) is 3.48. The highest BCUT2D eigenvalue weighted by atomic mass is 16.5. The van der Waals surface area contributed by atoms with Crippen LogP contribution in [-0.4, -0.2) is 41.7 Å². The van der Waals surface area contributed by atoms with E-state index in [0.29, 0.717) is 37.2 Å². The molecule has 5 heteroatoms. The van der Waals surface area contributed by atoms with Gasteiger partial charge < -0.3 is 14.2 Å². The Balaban J connectivity index is 2.21. The predicted octanol–water partition coefficient (Wildman–Crippen LogP) is 2.54. The Morgan fingerprint density at radius 2 is 2.09 bits per heavy atom. The minimum Gasteiger partial charge on any atom is -0.383 e. The van der Waals surface area contributed by atoms with Crippen molar-refractivity contribution in [2.75, 3.05) is 20.3 Å². The second-order valence-electron chi connectivity index (χ2n) is 6.36. The smallest absolute Gasteiger partial charge is 0.255 e. The molecule has 0 bridgehead atoms. The van der Waals surface area contributed by atoms with E-state index in [-0.39, 0.29) is 11.5 Å². The van der Waals surface area contributed by atoms with E-state index in [4.69, 9.17) is 4.74 Å². The van der Waals surface area contributed by atoms with Crippen molar-refractivity contribution in [2.24, 2.45) is 5.92 Å². The first-order chi connectivity index (χ1) is 11.1. The van der Waals surface area contributed by atoms with Crippen LogP contribution < -0.4 is 5.56 Å². The Kier molecular flexibility index (Phi) is 6.39. The van der Waals surface area contributed by atoms with Gasteiger partial charge in [0, 0.05) is 38.5 Å². The molecule has 2 atom stereocenters. The molecule has 0 N–H and O–H groups in total. The van der Waals surface area contributed by atoms with Crippen LogP contribution in [0, 0.1) is 5.92 Å². The second-order valence-corrected chi connectivity index (χ2v) is 6.36. The third-order valence-electron chi connectivity index (χ3n) is 4.83. The first-order valence-electron chi connectivity index (χ1n) is 8.58. The van der Waals surface area contributed by atoms with Gasteiger partial charge in [-0.05, 0) is 31.7 Å². The van der Waals surface area contributed by atoms with Crippen LogP contribution in [0.25, 0.3) is 0 Å². The van der Waals surface area contributed by atoms with E-state index in [1.807, 2.05) is 11.8 Å². The van der Waals surface area contributed by atoms with Crippen molar-refractivity contribution >= 4 is 5.91 Å². The maximum Gasteiger partial charge on any atom is 0.255 e. The van der Waals surface area contributed by atoms with Crippen LogP contribution in [0.15, 0.2) is 23.1 Å². The molecule has 0 radical (unpaired) electrons. The maximum atomic E-state index is 12.9. The summed E-state index contributed by atoms with van der Waals surface area (Å²) in [4.78, 5) is 26.8. The van der Waals surface area contributed by atoms with E-state index in [9.17, 15) is 9.59 Å². The number of carbonyl (C=O) groups excluding carboxylic acids is 1. The van der Waals surface area contributed by atoms with Crippen LogP contribution >= 0.6 is 0 Å². The molecular formula is C18H28N2O3. The zero-order valence-electron chi connectivity index (χ0n) is 14.5. The monoisotopic (exact) mass is 320 g/mol. The standard InChI is InChI=1S/C18H28N2O3/c1-4-20(16-8-6-5-7-14(16)2)18(22)15-9-10-17(21)19(13-15)11-12-23-3/h9-10,13-14,16H,4-8,11-12H2,1-3H3/t14-,16-/m1/s1. The van der Waals surface area contributed by atoms with Gasteiger partial charge in [-0.3, -0.25) is 9.59 Å². The van der Waals surface area contributed by atoms with Crippen molar-refractivity contribution in [1.82, 2.24) is 9.47 Å². The molecule has 1 aromatic heterocycles. The molecule has 1 fully saturated rings. The molecule has 1 amide bonds. The van der Waals surface area contributed by atoms with Crippen LogP contribution in [0.4, 0.5) is 0 Å². The molecule has 0 saturated heterocycles. The average molecular weight is 320 g/mol. The molecule has 128 valence electrons. The molecule has 0 spiro atoms. The quantitative estimate of drug-likeness (QED) is 0.809. The van der Waals surface area contributed by atoms with Gasteiger partial charge in [0.2, 0.25) is 0 Å². The molecule has 5 nitrogen and oxygen atoms in total. The van der Waals surface area contributed by atoms with Gasteiger partial charge >= 0.3 is 0 Å². The van der Waals surface area contributed by atoms with E-state index in [1.165, 1.54) is 25.3 Å². The van der Waals surface area contributed by atoms with E-state index < -0.39 is 0 Å². The third-order valence-corrected chi connectivity index (χ3v) is 4.83. The lowest BCUT2D eigenvalue weighted by atomic mass is 9.84. The summed E-state index contributed by atoms with van der Waals surface area (Å²) in [6.07, 6.45) is 6.36. The number of amides is 1. The predicted molar refractivity (Wildman–Crippen MR) is 90.7 cm³/mol. The van der Waals surface area contributed by atoms with Crippen LogP contribution in [0.1, 0.15) is 49.9 Å². The van der Waals surface area contributed by atoms with E-state index in [1.54, 1.807) is 23.9 Å².